The highest BCUT2D eigenvalue weighted by Crippen LogP contribution is 2.20. The van der Waals surface area contributed by atoms with Crippen LogP contribution in [0.4, 0.5) is 0 Å². The van der Waals surface area contributed by atoms with E-state index in [4.69, 9.17) is 14.6 Å². The van der Waals surface area contributed by atoms with Gasteiger partial charge in [0.25, 0.3) is 0 Å². The van der Waals surface area contributed by atoms with Crippen molar-refractivity contribution < 1.29 is 14.6 Å². The molecule has 0 aliphatic carbocycles. The first-order valence-corrected chi connectivity index (χ1v) is 7.22. The van der Waals surface area contributed by atoms with Gasteiger partial charge in [0.1, 0.15) is 0 Å². The van der Waals surface area contributed by atoms with Crippen LogP contribution in [0, 0.1) is 0 Å². The molecule has 17 heavy (non-hydrogen) atoms. The first-order chi connectivity index (χ1) is 8.38. The summed E-state index contributed by atoms with van der Waals surface area (Å²) >= 11 is 0. The van der Waals surface area contributed by atoms with Gasteiger partial charge >= 0.3 is 0 Å². The smallest absolute Gasteiger partial charge is 0.0859 e. The maximum Gasteiger partial charge on any atom is 0.0859 e. The molecule has 1 fully saturated rings. The van der Waals surface area contributed by atoms with E-state index < -0.39 is 0 Å². The Hall–Kier alpha value is -0.120. The molecule has 3 nitrogen and oxygen atoms in total. The average molecular weight is 244 g/mol. The number of unbranched alkanes of at least 4 members (excludes halogenated alkanes) is 5. The topological polar surface area (TPSA) is 38.7 Å². The Morgan fingerprint density at radius 2 is 1.94 bits per heavy atom. The molecule has 1 rings (SSSR count). The fraction of sp³-hybridized carbons (Fsp3) is 1.00. The number of rotatable bonds is 10. The molecule has 1 unspecified atom stereocenters. The van der Waals surface area contributed by atoms with Crippen molar-refractivity contribution in [1.29, 1.82) is 0 Å². The van der Waals surface area contributed by atoms with Crippen molar-refractivity contribution in [3.63, 3.8) is 0 Å². The van der Waals surface area contributed by atoms with Crippen LogP contribution in [-0.4, -0.2) is 37.1 Å². The minimum absolute atomic E-state index is 0.125. The molecule has 0 aromatic carbocycles. The molecule has 1 N–H and O–H groups in total. The SMILES string of the molecule is CCCCCCCCOC1CCO[C@@H]1CCO. The molecule has 0 aromatic rings. The Bertz CT molecular complexity index is 173. The monoisotopic (exact) mass is 244 g/mol. The zero-order valence-corrected chi connectivity index (χ0v) is 11.2. The van der Waals surface area contributed by atoms with E-state index >= 15 is 0 Å². The van der Waals surface area contributed by atoms with Gasteiger partial charge in [0, 0.05) is 19.8 Å². The van der Waals surface area contributed by atoms with E-state index in [0.29, 0.717) is 6.42 Å². The van der Waals surface area contributed by atoms with Gasteiger partial charge < -0.3 is 14.6 Å². The molecule has 0 amide bonds. The Balaban J connectivity index is 1.94. The summed E-state index contributed by atoms with van der Waals surface area (Å²) in [6.07, 6.45) is 9.83. The molecular weight excluding hydrogens is 216 g/mol. The molecule has 0 radical (unpaired) electrons. The molecular formula is C14H28O3. The van der Waals surface area contributed by atoms with Gasteiger partial charge in [0.05, 0.1) is 12.2 Å². The van der Waals surface area contributed by atoms with E-state index in [1.54, 1.807) is 0 Å². The third-order valence-corrected chi connectivity index (χ3v) is 3.39. The third-order valence-electron chi connectivity index (χ3n) is 3.39. The number of aliphatic hydroxyl groups excluding tert-OH is 1. The summed E-state index contributed by atoms with van der Waals surface area (Å²) in [6, 6.07) is 0. The number of hydrogen-bond acceptors (Lipinski definition) is 3. The van der Waals surface area contributed by atoms with Crippen LogP contribution in [0.3, 0.4) is 0 Å². The second kappa shape index (κ2) is 9.86. The van der Waals surface area contributed by atoms with E-state index in [1.807, 2.05) is 0 Å². The summed E-state index contributed by atoms with van der Waals surface area (Å²) < 4.78 is 11.4. The second-order valence-corrected chi connectivity index (χ2v) is 4.89. The zero-order valence-electron chi connectivity index (χ0n) is 11.2. The van der Waals surface area contributed by atoms with E-state index in [2.05, 4.69) is 6.92 Å². The molecule has 1 aliphatic heterocycles. The van der Waals surface area contributed by atoms with Crippen LogP contribution in [0.25, 0.3) is 0 Å². The van der Waals surface area contributed by atoms with Gasteiger partial charge in [-0.1, -0.05) is 39.0 Å². The van der Waals surface area contributed by atoms with Gasteiger partial charge in [-0.15, -0.1) is 0 Å². The van der Waals surface area contributed by atoms with Crippen molar-refractivity contribution in [3.05, 3.63) is 0 Å². The van der Waals surface area contributed by atoms with Crippen molar-refractivity contribution in [2.45, 2.75) is 70.5 Å². The molecule has 1 saturated heterocycles. The Morgan fingerprint density at radius 3 is 2.71 bits per heavy atom. The maximum atomic E-state index is 8.90. The van der Waals surface area contributed by atoms with Gasteiger partial charge in [0.15, 0.2) is 0 Å². The highest BCUT2D eigenvalue weighted by molar-refractivity contribution is 4.76. The number of hydrogen-bond donors (Lipinski definition) is 1. The summed E-state index contributed by atoms with van der Waals surface area (Å²) in [5, 5.41) is 8.90. The summed E-state index contributed by atoms with van der Waals surface area (Å²) in [5.41, 5.74) is 0. The van der Waals surface area contributed by atoms with Crippen LogP contribution in [0.1, 0.15) is 58.3 Å². The fourth-order valence-corrected chi connectivity index (χ4v) is 2.33. The van der Waals surface area contributed by atoms with Gasteiger partial charge in [-0.3, -0.25) is 0 Å². The standard InChI is InChI=1S/C14H28O3/c1-2-3-4-5-6-7-11-16-14-9-12-17-13(14)8-10-15/h13-15H,2-12H2,1H3/t13-,14?/m1/s1. The van der Waals surface area contributed by atoms with Crippen molar-refractivity contribution in [2.75, 3.05) is 19.8 Å². The summed E-state index contributed by atoms with van der Waals surface area (Å²) in [6.45, 7) is 4.07. The first-order valence-electron chi connectivity index (χ1n) is 7.22. The van der Waals surface area contributed by atoms with Gasteiger partial charge in [-0.2, -0.15) is 0 Å². The lowest BCUT2D eigenvalue weighted by Gasteiger charge is -2.18. The Labute approximate surface area is 105 Å². The molecule has 102 valence electrons. The molecule has 0 aromatic heterocycles. The van der Waals surface area contributed by atoms with Gasteiger partial charge in [-0.05, 0) is 19.3 Å². The van der Waals surface area contributed by atoms with Crippen molar-refractivity contribution in [1.82, 2.24) is 0 Å². The van der Waals surface area contributed by atoms with Crippen molar-refractivity contribution in [2.24, 2.45) is 0 Å². The van der Waals surface area contributed by atoms with Gasteiger partial charge in [-0.25, -0.2) is 0 Å². The average Bonchev–Trinajstić information content (AvgIpc) is 2.76. The first kappa shape index (κ1) is 14.9. The van der Waals surface area contributed by atoms with E-state index in [0.717, 1.165) is 26.1 Å². The Kier molecular flexibility index (Phi) is 8.67. The summed E-state index contributed by atoms with van der Waals surface area (Å²) in [5.74, 6) is 0. The lowest BCUT2D eigenvalue weighted by molar-refractivity contribution is -0.0197. The minimum atomic E-state index is 0.125. The largest absolute Gasteiger partial charge is 0.396 e. The Morgan fingerprint density at radius 1 is 1.18 bits per heavy atom. The van der Waals surface area contributed by atoms with Gasteiger partial charge in [0.2, 0.25) is 0 Å². The van der Waals surface area contributed by atoms with Crippen LogP contribution in [0.15, 0.2) is 0 Å². The molecule has 0 spiro atoms. The number of aliphatic hydroxyl groups is 1. The highest BCUT2D eigenvalue weighted by Gasteiger charge is 2.28. The van der Waals surface area contributed by atoms with Crippen LogP contribution >= 0.6 is 0 Å². The van der Waals surface area contributed by atoms with Crippen molar-refractivity contribution in [3.8, 4) is 0 Å². The van der Waals surface area contributed by atoms with Crippen molar-refractivity contribution >= 4 is 0 Å². The molecule has 1 aliphatic rings. The van der Waals surface area contributed by atoms with E-state index in [1.165, 1.54) is 32.1 Å². The van der Waals surface area contributed by atoms with E-state index in [-0.39, 0.29) is 18.8 Å². The summed E-state index contributed by atoms with van der Waals surface area (Å²) in [4.78, 5) is 0. The molecule has 3 heteroatoms. The zero-order chi connectivity index (χ0) is 12.3. The predicted octanol–water partition coefficient (Wildman–Crippen LogP) is 2.90. The molecule has 2 atom stereocenters. The normalized spacial score (nSPS) is 24.4. The number of ether oxygens (including phenoxy) is 2. The fourth-order valence-electron chi connectivity index (χ4n) is 2.33. The van der Waals surface area contributed by atoms with Crippen LogP contribution in [0.5, 0.6) is 0 Å². The third kappa shape index (κ3) is 6.39. The highest BCUT2D eigenvalue weighted by atomic mass is 16.6. The summed E-state index contributed by atoms with van der Waals surface area (Å²) in [7, 11) is 0. The molecule has 0 saturated carbocycles. The lowest BCUT2D eigenvalue weighted by Crippen LogP contribution is -2.25. The van der Waals surface area contributed by atoms with Crippen LogP contribution in [-0.2, 0) is 9.47 Å². The minimum Gasteiger partial charge on any atom is -0.396 e. The van der Waals surface area contributed by atoms with Crippen LogP contribution < -0.4 is 0 Å². The van der Waals surface area contributed by atoms with Crippen LogP contribution in [0.2, 0.25) is 0 Å². The van der Waals surface area contributed by atoms with E-state index in [9.17, 15) is 0 Å². The molecule has 1 heterocycles. The quantitative estimate of drug-likeness (QED) is 0.601. The second-order valence-electron chi connectivity index (χ2n) is 4.89. The predicted molar refractivity (Wildman–Crippen MR) is 69.2 cm³/mol. The lowest BCUT2D eigenvalue weighted by atomic mass is 10.1. The molecule has 0 bridgehead atoms. The maximum absolute atomic E-state index is 8.90.